The fourth-order valence-electron chi connectivity index (χ4n) is 2.00. The first-order valence-corrected chi connectivity index (χ1v) is 6.44. The Morgan fingerprint density at radius 2 is 1.76 bits per heavy atom. The van der Waals surface area contributed by atoms with E-state index in [0.717, 1.165) is 12.5 Å². The van der Waals surface area contributed by atoms with Crippen molar-refractivity contribution in [1.29, 1.82) is 0 Å². The summed E-state index contributed by atoms with van der Waals surface area (Å²) in [7, 11) is 0. The monoisotopic (exact) mass is 235 g/mol. The molecule has 0 saturated heterocycles. The molecule has 1 aliphatic carbocycles. The van der Waals surface area contributed by atoms with E-state index in [1.165, 1.54) is 24.9 Å². The molecule has 0 atom stereocenters. The zero-order valence-corrected chi connectivity index (χ0v) is 11.0. The molecule has 1 aliphatic rings. The fourth-order valence-corrected chi connectivity index (χ4v) is 2.00. The third-order valence-corrected chi connectivity index (χ3v) is 3.41. The molecule has 0 heterocycles. The molecular weight excluding hydrogens is 213 g/mol. The van der Waals surface area contributed by atoms with Crippen LogP contribution < -0.4 is 0 Å². The summed E-state index contributed by atoms with van der Waals surface area (Å²) in [6.45, 7) is 8.83. The maximum absolute atomic E-state index is 12.9. The number of halogens is 1. The van der Waals surface area contributed by atoms with Gasteiger partial charge in [0.25, 0.3) is 0 Å². The molecular formula is C15H22FN. The highest BCUT2D eigenvalue weighted by atomic mass is 19.1. The van der Waals surface area contributed by atoms with Crippen molar-refractivity contribution in [3.8, 4) is 0 Å². The average molecular weight is 235 g/mol. The van der Waals surface area contributed by atoms with Crippen LogP contribution in [0.2, 0.25) is 0 Å². The van der Waals surface area contributed by atoms with E-state index >= 15 is 0 Å². The molecule has 1 saturated carbocycles. The predicted molar refractivity (Wildman–Crippen MR) is 69.3 cm³/mol. The van der Waals surface area contributed by atoms with E-state index < -0.39 is 0 Å². The van der Waals surface area contributed by atoms with E-state index in [-0.39, 0.29) is 11.4 Å². The van der Waals surface area contributed by atoms with Gasteiger partial charge >= 0.3 is 0 Å². The lowest BCUT2D eigenvalue weighted by atomic mass is 10.0. The Morgan fingerprint density at radius 1 is 1.18 bits per heavy atom. The van der Waals surface area contributed by atoms with E-state index in [2.05, 4.69) is 25.7 Å². The summed E-state index contributed by atoms with van der Waals surface area (Å²) in [5.41, 5.74) is 1.37. The van der Waals surface area contributed by atoms with Gasteiger partial charge in [0.2, 0.25) is 0 Å². The zero-order chi connectivity index (χ0) is 12.5. The SMILES string of the molecule is CC(C)(C)N(Cc1ccc(F)cc1)CC1CC1. The highest BCUT2D eigenvalue weighted by molar-refractivity contribution is 5.16. The fraction of sp³-hybridized carbons (Fsp3) is 0.600. The molecule has 1 fully saturated rings. The maximum atomic E-state index is 12.9. The topological polar surface area (TPSA) is 3.24 Å². The minimum Gasteiger partial charge on any atom is -0.294 e. The lowest BCUT2D eigenvalue weighted by molar-refractivity contribution is 0.121. The molecule has 0 N–H and O–H groups in total. The first-order chi connectivity index (χ1) is 7.95. The van der Waals surface area contributed by atoms with Gasteiger partial charge in [-0.2, -0.15) is 0 Å². The lowest BCUT2D eigenvalue weighted by Gasteiger charge is -2.36. The Labute approximate surface area is 104 Å². The molecule has 0 amide bonds. The molecule has 0 aromatic heterocycles. The van der Waals surface area contributed by atoms with Gasteiger partial charge in [-0.05, 0) is 57.2 Å². The molecule has 2 rings (SSSR count). The number of nitrogens with zero attached hydrogens (tertiary/aromatic N) is 1. The zero-order valence-electron chi connectivity index (χ0n) is 11.0. The molecule has 17 heavy (non-hydrogen) atoms. The minimum absolute atomic E-state index is 0.154. The Hall–Kier alpha value is -0.890. The van der Waals surface area contributed by atoms with Crippen LogP contribution in [0.25, 0.3) is 0 Å². The summed E-state index contributed by atoms with van der Waals surface area (Å²) in [6.07, 6.45) is 2.74. The largest absolute Gasteiger partial charge is 0.294 e. The number of rotatable bonds is 4. The predicted octanol–water partition coefficient (Wildman–Crippen LogP) is 3.84. The van der Waals surface area contributed by atoms with Crippen LogP contribution in [0.3, 0.4) is 0 Å². The van der Waals surface area contributed by atoms with Crippen molar-refractivity contribution in [2.24, 2.45) is 5.92 Å². The van der Waals surface area contributed by atoms with E-state index in [9.17, 15) is 4.39 Å². The van der Waals surface area contributed by atoms with Crippen molar-refractivity contribution in [1.82, 2.24) is 4.90 Å². The number of hydrogen-bond donors (Lipinski definition) is 0. The first-order valence-electron chi connectivity index (χ1n) is 6.44. The third-order valence-electron chi connectivity index (χ3n) is 3.41. The van der Waals surface area contributed by atoms with E-state index in [0.29, 0.717) is 0 Å². The van der Waals surface area contributed by atoms with Crippen LogP contribution in [0.1, 0.15) is 39.2 Å². The van der Waals surface area contributed by atoms with Crippen LogP contribution in [0.5, 0.6) is 0 Å². The molecule has 0 spiro atoms. The molecule has 0 bridgehead atoms. The van der Waals surface area contributed by atoms with Crippen LogP contribution in [0.15, 0.2) is 24.3 Å². The van der Waals surface area contributed by atoms with Crippen molar-refractivity contribution < 1.29 is 4.39 Å². The average Bonchev–Trinajstić information content (AvgIpc) is 3.03. The second-order valence-electron chi connectivity index (χ2n) is 6.12. The van der Waals surface area contributed by atoms with E-state index in [1.54, 1.807) is 12.1 Å². The lowest BCUT2D eigenvalue weighted by Crippen LogP contribution is -2.42. The Balaban J connectivity index is 2.03. The van der Waals surface area contributed by atoms with E-state index in [4.69, 9.17) is 0 Å². The molecule has 1 nitrogen and oxygen atoms in total. The summed E-state index contributed by atoms with van der Waals surface area (Å²) in [6, 6.07) is 6.88. The van der Waals surface area contributed by atoms with Crippen molar-refractivity contribution >= 4 is 0 Å². The van der Waals surface area contributed by atoms with Crippen LogP contribution in [-0.2, 0) is 6.54 Å². The summed E-state index contributed by atoms with van der Waals surface area (Å²) in [5, 5.41) is 0. The first kappa shape index (κ1) is 12.6. The van der Waals surface area contributed by atoms with Crippen molar-refractivity contribution in [2.75, 3.05) is 6.54 Å². The van der Waals surface area contributed by atoms with Gasteiger partial charge in [0.1, 0.15) is 5.82 Å². The molecule has 0 unspecified atom stereocenters. The van der Waals surface area contributed by atoms with Gasteiger partial charge in [-0.1, -0.05) is 12.1 Å². The van der Waals surface area contributed by atoms with Crippen LogP contribution in [0.4, 0.5) is 4.39 Å². The van der Waals surface area contributed by atoms with Crippen LogP contribution in [0, 0.1) is 11.7 Å². The maximum Gasteiger partial charge on any atom is 0.123 e. The Morgan fingerprint density at radius 3 is 2.24 bits per heavy atom. The van der Waals surface area contributed by atoms with Crippen LogP contribution in [-0.4, -0.2) is 17.0 Å². The van der Waals surface area contributed by atoms with Gasteiger partial charge < -0.3 is 0 Å². The summed E-state index contributed by atoms with van der Waals surface area (Å²) >= 11 is 0. The molecule has 1 aromatic carbocycles. The van der Waals surface area contributed by atoms with Gasteiger partial charge in [-0.3, -0.25) is 4.90 Å². The Kier molecular flexibility index (Phi) is 3.53. The highest BCUT2D eigenvalue weighted by Gasteiger charge is 2.29. The van der Waals surface area contributed by atoms with Crippen molar-refractivity contribution in [2.45, 2.75) is 45.7 Å². The van der Waals surface area contributed by atoms with Crippen molar-refractivity contribution in [3.63, 3.8) is 0 Å². The molecule has 1 aromatic rings. The van der Waals surface area contributed by atoms with E-state index in [1.807, 2.05) is 12.1 Å². The second kappa shape index (κ2) is 4.77. The normalized spacial score (nSPS) is 16.5. The van der Waals surface area contributed by atoms with Crippen LogP contribution >= 0.6 is 0 Å². The van der Waals surface area contributed by atoms with Gasteiger partial charge in [0.15, 0.2) is 0 Å². The molecule has 0 radical (unpaired) electrons. The summed E-state index contributed by atoms with van der Waals surface area (Å²) in [4.78, 5) is 2.50. The molecule has 2 heteroatoms. The van der Waals surface area contributed by atoms with Crippen molar-refractivity contribution in [3.05, 3.63) is 35.6 Å². The number of benzene rings is 1. The Bertz CT molecular complexity index is 360. The second-order valence-corrected chi connectivity index (χ2v) is 6.12. The smallest absolute Gasteiger partial charge is 0.123 e. The third kappa shape index (κ3) is 3.81. The van der Waals surface area contributed by atoms with Gasteiger partial charge in [0, 0.05) is 18.6 Å². The summed E-state index contributed by atoms with van der Waals surface area (Å²) in [5.74, 6) is 0.730. The van der Waals surface area contributed by atoms with Gasteiger partial charge in [-0.15, -0.1) is 0 Å². The standard InChI is InChI=1S/C15H22FN/c1-15(2,3)17(10-12-4-5-12)11-13-6-8-14(16)9-7-13/h6-9,12H,4-5,10-11H2,1-3H3. The molecule has 94 valence electrons. The highest BCUT2D eigenvalue weighted by Crippen LogP contribution is 2.32. The molecule has 0 aliphatic heterocycles. The quantitative estimate of drug-likeness (QED) is 0.766. The summed E-state index contributed by atoms with van der Waals surface area (Å²) < 4.78 is 12.9. The van der Waals surface area contributed by atoms with Gasteiger partial charge in [-0.25, -0.2) is 4.39 Å². The number of hydrogen-bond acceptors (Lipinski definition) is 1. The minimum atomic E-state index is -0.154. The van der Waals surface area contributed by atoms with Gasteiger partial charge in [0.05, 0.1) is 0 Å².